The molecule has 0 bridgehead atoms. The fraction of sp³-hybridized carbons (Fsp3) is 1.00. The van der Waals surface area contributed by atoms with E-state index in [1.54, 1.807) is 0 Å². The zero-order valence-corrected chi connectivity index (χ0v) is 14.6. The molecule has 1 nitrogen and oxygen atoms in total. The van der Waals surface area contributed by atoms with Crippen LogP contribution in [-0.4, -0.2) is 22.7 Å². The summed E-state index contributed by atoms with van der Waals surface area (Å²) in [5, 5.41) is 0. The standard InChI is InChI=1S/C4H9Br4NSi2/c1-3-4(2)9(10(5)6)11(7)8/h4H,3H2,1-2H3. The second-order valence-corrected chi connectivity index (χ2v) is 19.9. The lowest BCUT2D eigenvalue weighted by molar-refractivity contribution is 0.502. The van der Waals surface area contributed by atoms with Crippen LogP contribution in [0.15, 0.2) is 0 Å². The first-order chi connectivity index (χ1) is 5.00. The first-order valence-corrected chi connectivity index (χ1v) is 15.1. The van der Waals surface area contributed by atoms with Gasteiger partial charge >= 0.3 is 0 Å². The lowest BCUT2D eigenvalue weighted by Crippen LogP contribution is -2.43. The Kier molecular flexibility index (Phi) is 8.13. The zero-order valence-electron chi connectivity index (χ0n) is 6.24. The van der Waals surface area contributed by atoms with Crippen LogP contribution >= 0.6 is 61.2 Å². The van der Waals surface area contributed by atoms with Crippen molar-refractivity contribution in [3.05, 3.63) is 0 Å². The number of halogens is 4. The van der Waals surface area contributed by atoms with Crippen LogP contribution in [0.3, 0.4) is 0 Å². The van der Waals surface area contributed by atoms with Crippen LogP contribution < -0.4 is 0 Å². The van der Waals surface area contributed by atoms with Crippen molar-refractivity contribution < 1.29 is 0 Å². The molecule has 0 aromatic heterocycles. The smallest absolute Gasteiger partial charge is 0.295 e. The molecule has 0 heterocycles. The van der Waals surface area contributed by atoms with Gasteiger partial charge in [-0.2, -0.15) is 0 Å². The van der Waals surface area contributed by atoms with Gasteiger partial charge < -0.3 is 4.23 Å². The van der Waals surface area contributed by atoms with Crippen molar-refractivity contribution in [2.24, 2.45) is 0 Å². The lowest BCUT2D eigenvalue weighted by Gasteiger charge is -2.29. The maximum atomic E-state index is 3.59. The highest BCUT2D eigenvalue weighted by Gasteiger charge is 2.26. The monoisotopic (exact) mass is 443 g/mol. The molecule has 2 radical (unpaired) electrons. The summed E-state index contributed by atoms with van der Waals surface area (Å²) in [6.45, 7) is 4.44. The summed E-state index contributed by atoms with van der Waals surface area (Å²) in [7, 11) is 0. The van der Waals surface area contributed by atoms with E-state index in [0.717, 1.165) is 0 Å². The van der Waals surface area contributed by atoms with E-state index < -0.39 is 12.4 Å². The molecule has 0 rings (SSSR count). The van der Waals surface area contributed by atoms with Gasteiger partial charge in [0.05, 0.1) is 0 Å². The van der Waals surface area contributed by atoms with Gasteiger partial charge in [-0.1, -0.05) is 75.0 Å². The van der Waals surface area contributed by atoms with Crippen molar-refractivity contribution in [2.75, 3.05) is 0 Å². The Morgan fingerprint density at radius 3 is 1.64 bits per heavy atom. The summed E-state index contributed by atoms with van der Waals surface area (Å²) in [5.41, 5.74) is 0. The molecule has 0 aliphatic heterocycles. The highest BCUT2D eigenvalue weighted by Crippen LogP contribution is 2.22. The third kappa shape index (κ3) is 4.92. The van der Waals surface area contributed by atoms with Crippen LogP contribution in [0.2, 0.25) is 0 Å². The number of hydrogen-bond acceptors (Lipinski definition) is 1. The minimum Gasteiger partial charge on any atom is -0.309 e. The van der Waals surface area contributed by atoms with Gasteiger partial charge in [0.2, 0.25) is 0 Å². The first kappa shape index (κ1) is 13.3. The summed E-state index contributed by atoms with van der Waals surface area (Å²) < 4.78 is 2.43. The van der Waals surface area contributed by atoms with E-state index in [9.17, 15) is 0 Å². The molecule has 0 N–H and O–H groups in total. The Morgan fingerprint density at radius 2 is 1.55 bits per heavy atom. The van der Waals surface area contributed by atoms with Crippen LogP contribution in [0, 0.1) is 0 Å². The van der Waals surface area contributed by atoms with E-state index in [-0.39, 0.29) is 0 Å². The third-order valence-electron chi connectivity index (χ3n) is 1.40. The SMILES string of the molecule is CCC(C)N([Si](Br)Br)[Si](Br)Br. The van der Waals surface area contributed by atoms with E-state index in [1.807, 2.05) is 0 Å². The van der Waals surface area contributed by atoms with E-state index in [1.165, 1.54) is 6.42 Å². The molecule has 0 aliphatic carbocycles. The van der Waals surface area contributed by atoms with E-state index in [2.05, 4.69) is 79.2 Å². The van der Waals surface area contributed by atoms with E-state index in [0.29, 0.717) is 6.04 Å². The van der Waals surface area contributed by atoms with Crippen molar-refractivity contribution in [2.45, 2.75) is 26.3 Å². The summed E-state index contributed by atoms with van der Waals surface area (Å²) in [4.78, 5) is 0. The summed E-state index contributed by atoms with van der Waals surface area (Å²) in [5.74, 6) is 0. The van der Waals surface area contributed by atoms with E-state index in [4.69, 9.17) is 0 Å². The predicted octanol–water partition coefficient (Wildman–Crippen LogP) is 3.64. The maximum absolute atomic E-state index is 3.59. The Balaban J connectivity index is 4.09. The lowest BCUT2D eigenvalue weighted by atomic mass is 10.3. The fourth-order valence-corrected chi connectivity index (χ4v) is 21.3. The molecule has 1 unspecified atom stereocenters. The van der Waals surface area contributed by atoms with Crippen LogP contribution in [0.4, 0.5) is 0 Å². The van der Waals surface area contributed by atoms with Crippen molar-refractivity contribution >= 4 is 73.6 Å². The minimum atomic E-state index is -0.674. The third-order valence-corrected chi connectivity index (χ3v) is 12.9. The average molecular weight is 447 g/mol. The second kappa shape index (κ2) is 6.72. The molecule has 0 saturated heterocycles. The summed E-state index contributed by atoms with van der Waals surface area (Å²) in [6.07, 6.45) is -0.170. The van der Waals surface area contributed by atoms with Gasteiger partial charge in [-0.05, 0) is 12.5 Å². The zero-order chi connectivity index (χ0) is 9.02. The summed E-state index contributed by atoms with van der Waals surface area (Å²) in [6, 6.07) is 0.621. The average Bonchev–Trinajstić information content (AvgIpc) is 1.85. The topological polar surface area (TPSA) is 3.24 Å². The van der Waals surface area contributed by atoms with Crippen LogP contribution in [0.25, 0.3) is 0 Å². The fourth-order valence-electron chi connectivity index (χ4n) is 0.580. The van der Waals surface area contributed by atoms with Crippen molar-refractivity contribution in [3.8, 4) is 0 Å². The molecule has 0 fully saturated rings. The normalized spacial score (nSPS) is 15.0. The predicted molar refractivity (Wildman–Crippen MR) is 68.8 cm³/mol. The Morgan fingerprint density at radius 1 is 1.18 bits per heavy atom. The molecular weight excluding hydrogens is 438 g/mol. The molecule has 11 heavy (non-hydrogen) atoms. The Hall–Kier alpha value is 2.31. The molecule has 7 heteroatoms. The molecule has 0 aromatic rings. The Bertz CT molecular complexity index is 104. The van der Waals surface area contributed by atoms with Crippen molar-refractivity contribution in [3.63, 3.8) is 0 Å². The van der Waals surface area contributed by atoms with E-state index >= 15 is 0 Å². The molecule has 1 atom stereocenters. The highest BCUT2D eigenvalue weighted by molar-refractivity contribution is 9.51. The molecule has 0 amide bonds. The first-order valence-electron chi connectivity index (χ1n) is 3.15. The highest BCUT2D eigenvalue weighted by atomic mass is 79.9. The number of rotatable bonds is 4. The Labute approximate surface area is 103 Å². The summed E-state index contributed by atoms with van der Waals surface area (Å²) >= 11 is 14.4. The van der Waals surface area contributed by atoms with Crippen molar-refractivity contribution in [1.82, 2.24) is 4.23 Å². The molecular formula is C4H9Br4NSi2. The minimum absolute atomic E-state index is 0.621. The quantitative estimate of drug-likeness (QED) is 0.471. The largest absolute Gasteiger partial charge is 0.309 e. The van der Waals surface area contributed by atoms with Gasteiger partial charge in [0.25, 0.3) is 12.4 Å². The van der Waals surface area contributed by atoms with Crippen molar-refractivity contribution in [1.29, 1.82) is 0 Å². The maximum Gasteiger partial charge on any atom is 0.295 e. The van der Waals surface area contributed by atoms with Gasteiger partial charge in [0.1, 0.15) is 0 Å². The van der Waals surface area contributed by atoms with Gasteiger partial charge in [0, 0.05) is 0 Å². The molecule has 0 saturated carbocycles. The molecule has 0 aromatic carbocycles. The molecule has 66 valence electrons. The molecule has 0 spiro atoms. The van der Waals surface area contributed by atoms with Gasteiger partial charge in [-0.3, -0.25) is 0 Å². The van der Waals surface area contributed by atoms with Crippen LogP contribution in [-0.2, 0) is 0 Å². The second-order valence-electron chi connectivity index (χ2n) is 2.11. The van der Waals surface area contributed by atoms with Crippen LogP contribution in [0.1, 0.15) is 20.3 Å². The number of nitrogens with zero attached hydrogens (tertiary/aromatic N) is 1. The van der Waals surface area contributed by atoms with Gasteiger partial charge in [-0.25, -0.2) is 0 Å². The van der Waals surface area contributed by atoms with Crippen LogP contribution in [0.5, 0.6) is 0 Å². The van der Waals surface area contributed by atoms with Gasteiger partial charge in [0.15, 0.2) is 0 Å². The number of hydrogen-bond donors (Lipinski definition) is 0. The molecule has 0 aliphatic rings. The van der Waals surface area contributed by atoms with Gasteiger partial charge in [-0.15, -0.1) is 0 Å².